The third kappa shape index (κ3) is 5.25. The molecule has 5 heteroatoms. The fourth-order valence-corrected chi connectivity index (χ4v) is 3.32. The number of aryl methyl sites for hydroxylation is 1. The number of hydrogen-bond donors (Lipinski definition) is 2. The molecule has 2 rings (SSSR count). The Morgan fingerprint density at radius 2 is 1.83 bits per heavy atom. The lowest BCUT2D eigenvalue weighted by Crippen LogP contribution is -2.54. The van der Waals surface area contributed by atoms with Crippen LogP contribution in [0.25, 0.3) is 0 Å². The number of nitrogens with zero attached hydrogens (tertiary/aromatic N) is 1. The standard InChI is InChI=1S/C19H29N3O2/c1-14(2)17(21-19(20)24)18(23)22-12-10-16(11-13-22)9-8-15-6-4-3-5-7-15/h3-7,14,16-17H,8-13H2,1-2H3,(H3,20,21,24)/t17-/m1/s1. The van der Waals surface area contributed by atoms with Gasteiger partial charge < -0.3 is 16.0 Å². The van der Waals surface area contributed by atoms with Gasteiger partial charge in [-0.15, -0.1) is 0 Å². The van der Waals surface area contributed by atoms with E-state index in [4.69, 9.17) is 5.73 Å². The van der Waals surface area contributed by atoms with E-state index in [0.717, 1.165) is 32.4 Å². The Hall–Kier alpha value is -2.04. The van der Waals surface area contributed by atoms with Crippen molar-refractivity contribution in [1.82, 2.24) is 10.2 Å². The van der Waals surface area contributed by atoms with Gasteiger partial charge in [0.25, 0.3) is 0 Å². The molecule has 0 bridgehead atoms. The monoisotopic (exact) mass is 331 g/mol. The molecule has 1 heterocycles. The zero-order chi connectivity index (χ0) is 17.5. The molecule has 132 valence electrons. The summed E-state index contributed by atoms with van der Waals surface area (Å²) in [5.74, 6) is 0.682. The molecule has 1 atom stereocenters. The molecule has 0 spiro atoms. The molecule has 0 saturated carbocycles. The molecule has 1 aromatic rings. The van der Waals surface area contributed by atoms with Gasteiger partial charge in [0.1, 0.15) is 6.04 Å². The number of benzene rings is 1. The quantitative estimate of drug-likeness (QED) is 0.840. The van der Waals surface area contributed by atoms with Gasteiger partial charge in [-0.05, 0) is 43.1 Å². The highest BCUT2D eigenvalue weighted by Crippen LogP contribution is 2.23. The third-order valence-electron chi connectivity index (χ3n) is 4.84. The summed E-state index contributed by atoms with van der Waals surface area (Å²) in [4.78, 5) is 25.6. The first-order valence-corrected chi connectivity index (χ1v) is 8.86. The number of rotatable bonds is 6. The molecule has 3 amide bonds. The second-order valence-electron chi connectivity index (χ2n) is 7.02. The number of piperidine rings is 1. The number of primary amides is 1. The topological polar surface area (TPSA) is 75.4 Å². The van der Waals surface area contributed by atoms with Gasteiger partial charge in [0.15, 0.2) is 0 Å². The van der Waals surface area contributed by atoms with Crippen molar-refractivity contribution in [2.24, 2.45) is 17.6 Å². The average molecular weight is 331 g/mol. The first-order chi connectivity index (χ1) is 11.5. The zero-order valence-corrected chi connectivity index (χ0v) is 14.7. The Morgan fingerprint density at radius 3 is 2.38 bits per heavy atom. The fraction of sp³-hybridized carbons (Fsp3) is 0.579. The summed E-state index contributed by atoms with van der Waals surface area (Å²) in [6, 6.07) is 9.37. The number of amides is 3. The van der Waals surface area contributed by atoms with Gasteiger partial charge in [0.05, 0.1) is 0 Å². The molecule has 1 aliphatic heterocycles. The van der Waals surface area contributed by atoms with Gasteiger partial charge in [-0.3, -0.25) is 4.79 Å². The summed E-state index contributed by atoms with van der Waals surface area (Å²) in [7, 11) is 0. The van der Waals surface area contributed by atoms with Gasteiger partial charge >= 0.3 is 6.03 Å². The van der Waals surface area contributed by atoms with Crippen LogP contribution in [-0.2, 0) is 11.2 Å². The van der Waals surface area contributed by atoms with Crippen molar-refractivity contribution in [3.63, 3.8) is 0 Å². The predicted molar refractivity (Wildman–Crippen MR) is 95.4 cm³/mol. The van der Waals surface area contributed by atoms with Gasteiger partial charge in [-0.25, -0.2) is 4.79 Å². The van der Waals surface area contributed by atoms with E-state index < -0.39 is 12.1 Å². The van der Waals surface area contributed by atoms with Crippen molar-refractivity contribution in [2.45, 2.75) is 45.6 Å². The van der Waals surface area contributed by atoms with Crippen LogP contribution >= 0.6 is 0 Å². The fourth-order valence-electron chi connectivity index (χ4n) is 3.32. The summed E-state index contributed by atoms with van der Waals surface area (Å²) in [5.41, 5.74) is 6.57. The number of carbonyl (C=O) groups is 2. The highest BCUT2D eigenvalue weighted by Gasteiger charge is 2.30. The maximum absolute atomic E-state index is 12.6. The van der Waals surface area contributed by atoms with Crippen molar-refractivity contribution in [1.29, 1.82) is 0 Å². The van der Waals surface area contributed by atoms with Crippen LogP contribution < -0.4 is 11.1 Å². The predicted octanol–water partition coefficient (Wildman–Crippen LogP) is 2.55. The number of hydrogen-bond acceptors (Lipinski definition) is 2. The summed E-state index contributed by atoms with van der Waals surface area (Å²) in [5, 5.41) is 2.58. The lowest BCUT2D eigenvalue weighted by molar-refractivity contribution is -0.135. The van der Waals surface area contributed by atoms with E-state index in [1.807, 2.05) is 24.8 Å². The smallest absolute Gasteiger partial charge is 0.312 e. The maximum atomic E-state index is 12.6. The van der Waals surface area contributed by atoms with E-state index >= 15 is 0 Å². The van der Waals surface area contributed by atoms with Crippen molar-refractivity contribution in [2.75, 3.05) is 13.1 Å². The van der Waals surface area contributed by atoms with E-state index in [2.05, 4.69) is 29.6 Å². The third-order valence-corrected chi connectivity index (χ3v) is 4.84. The molecule has 1 aromatic carbocycles. The minimum Gasteiger partial charge on any atom is -0.352 e. The largest absolute Gasteiger partial charge is 0.352 e. The lowest BCUT2D eigenvalue weighted by Gasteiger charge is -2.35. The van der Waals surface area contributed by atoms with Crippen LogP contribution in [0.5, 0.6) is 0 Å². The highest BCUT2D eigenvalue weighted by molar-refractivity contribution is 5.86. The molecule has 24 heavy (non-hydrogen) atoms. The van der Waals surface area contributed by atoms with Gasteiger partial charge in [-0.2, -0.15) is 0 Å². The molecule has 0 unspecified atom stereocenters. The first kappa shape index (κ1) is 18.3. The maximum Gasteiger partial charge on any atom is 0.312 e. The molecular weight excluding hydrogens is 302 g/mol. The number of nitrogens with one attached hydrogen (secondary N) is 1. The minimum atomic E-state index is -0.639. The van der Waals surface area contributed by atoms with Crippen LogP contribution in [-0.4, -0.2) is 36.0 Å². The molecule has 1 aliphatic rings. The normalized spacial score (nSPS) is 16.9. The van der Waals surface area contributed by atoms with E-state index in [-0.39, 0.29) is 11.8 Å². The molecule has 0 aliphatic carbocycles. The van der Waals surface area contributed by atoms with Crippen LogP contribution in [0.15, 0.2) is 30.3 Å². The molecule has 0 aromatic heterocycles. The summed E-state index contributed by atoms with van der Waals surface area (Å²) >= 11 is 0. The zero-order valence-electron chi connectivity index (χ0n) is 14.7. The van der Waals surface area contributed by atoms with Crippen molar-refractivity contribution < 1.29 is 9.59 Å². The van der Waals surface area contributed by atoms with Gasteiger partial charge in [0.2, 0.25) is 5.91 Å². The molecule has 5 nitrogen and oxygen atoms in total. The van der Waals surface area contributed by atoms with E-state index in [1.165, 1.54) is 12.0 Å². The SMILES string of the molecule is CC(C)[C@@H](NC(N)=O)C(=O)N1CCC(CCc2ccccc2)CC1. The Kier molecular flexibility index (Phi) is 6.64. The first-order valence-electron chi connectivity index (χ1n) is 8.86. The minimum absolute atomic E-state index is 0.00897. The molecule has 3 N–H and O–H groups in total. The number of urea groups is 1. The number of likely N-dealkylation sites (tertiary alicyclic amines) is 1. The summed E-state index contributed by atoms with van der Waals surface area (Å²) in [6.07, 6.45) is 4.32. The van der Waals surface area contributed by atoms with Gasteiger partial charge in [0, 0.05) is 13.1 Å². The van der Waals surface area contributed by atoms with Crippen LogP contribution in [0.2, 0.25) is 0 Å². The van der Waals surface area contributed by atoms with Crippen molar-refractivity contribution in [3.8, 4) is 0 Å². The van der Waals surface area contributed by atoms with Crippen LogP contribution in [0.3, 0.4) is 0 Å². The number of nitrogens with two attached hydrogens (primary N) is 1. The summed E-state index contributed by atoms with van der Waals surface area (Å²) in [6.45, 7) is 5.38. The van der Waals surface area contributed by atoms with E-state index in [0.29, 0.717) is 5.92 Å². The molecule has 1 saturated heterocycles. The van der Waals surface area contributed by atoms with E-state index in [1.54, 1.807) is 0 Å². The van der Waals surface area contributed by atoms with Gasteiger partial charge in [-0.1, -0.05) is 44.2 Å². The average Bonchev–Trinajstić information content (AvgIpc) is 2.58. The van der Waals surface area contributed by atoms with Crippen LogP contribution in [0, 0.1) is 11.8 Å². The van der Waals surface area contributed by atoms with E-state index in [9.17, 15) is 9.59 Å². The Labute approximate surface area is 144 Å². The Balaban J connectivity index is 1.80. The van der Waals surface area contributed by atoms with Crippen molar-refractivity contribution >= 4 is 11.9 Å². The Morgan fingerprint density at radius 1 is 1.21 bits per heavy atom. The second kappa shape index (κ2) is 8.71. The molecular formula is C19H29N3O2. The highest BCUT2D eigenvalue weighted by atomic mass is 16.2. The molecule has 1 fully saturated rings. The van der Waals surface area contributed by atoms with Crippen molar-refractivity contribution in [3.05, 3.63) is 35.9 Å². The molecule has 0 radical (unpaired) electrons. The lowest BCUT2D eigenvalue weighted by atomic mass is 9.90. The Bertz CT molecular complexity index is 537. The van der Waals surface area contributed by atoms with Crippen LogP contribution in [0.1, 0.15) is 38.7 Å². The summed E-state index contributed by atoms with van der Waals surface area (Å²) < 4.78 is 0. The number of carbonyl (C=O) groups excluding carboxylic acids is 2. The second-order valence-corrected chi connectivity index (χ2v) is 7.02. The van der Waals surface area contributed by atoms with Crippen LogP contribution in [0.4, 0.5) is 4.79 Å².